The molecule has 0 radical (unpaired) electrons. The number of nitrogens with zero attached hydrogens (tertiary/aromatic N) is 5. The number of hydrogen-bond donors (Lipinski definition) is 0. The van der Waals surface area contributed by atoms with Crippen LogP contribution in [-0.2, 0) is 12.3 Å². The maximum absolute atomic E-state index is 13.8. The maximum Gasteiger partial charge on any atom is 0.182 e. The lowest BCUT2D eigenvalue weighted by Gasteiger charge is -2.05. The quantitative estimate of drug-likeness (QED) is 0.544. The molecule has 0 bridgehead atoms. The van der Waals surface area contributed by atoms with E-state index >= 15 is 0 Å². The monoisotopic (exact) mass is 323 g/mol. The average Bonchev–Trinajstić information content (AvgIpc) is 2.90. The van der Waals surface area contributed by atoms with Gasteiger partial charge in [0.25, 0.3) is 0 Å². The number of halogens is 2. The number of fused-ring (bicyclic) bond motifs is 1. The number of rotatable bonds is 4. The molecular weight excluding hydrogens is 313 g/mol. The maximum atomic E-state index is 13.8. The summed E-state index contributed by atoms with van der Waals surface area (Å²) >= 11 is 7.39. The standard InChI is InChI=1S/C13H11ClFN5S/c1-2-20-12-11(18-19-20)13(17-7-16-12)21-6-8-9(14)4-3-5-10(8)15/h3-5,7H,2,6H2,1H3. The number of benzene rings is 1. The fourth-order valence-corrected chi connectivity index (χ4v) is 3.17. The molecule has 0 N–H and O–H groups in total. The van der Waals surface area contributed by atoms with Gasteiger partial charge in [0.15, 0.2) is 11.2 Å². The van der Waals surface area contributed by atoms with Gasteiger partial charge in [0, 0.05) is 22.9 Å². The molecule has 21 heavy (non-hydrogen) atoms. The highest BCUT2D eigenvalue weighted by atomic mass is 35.5. The normalized spacial score (nSPS) is 11.2. The Labute approximate surface area is 129 Å². The highest BCUT2D eigenvalue weighted by molar-refractivity contribution is 7.98. The summed E-state index contributed by atoms with van der Waals surface area (Å²) in [4.78, 5) is 8.38. The van der Waals surface area contributed by atoms with Crippen LogP contribution in [0, 0.1) is 5.82 Å². The molecule has 3 rings (SSSR count). The minimum Gasteiger partial charge on any atom is -0.227 e. The molecule has 0 spiro atoms. The van der Waals surface area contributed by atoms with E-state index in [0.29, 0.717) is 39.1 Å². The van der Waals surface area contributed by atoms with Crippen LogP contribution in [0.15, 0.2) is 29.6 Å². The molecule has 0 aliphatic heterocycles. The Balaban J connectivity index is 1.91. The van der Waals surface area contributed by atoms with E-state index in [9.17, 15) is 4.39 Å². The molecule has 0 amide bonds. The molecule has 8 heteroatoms. The fraction of sp³-hybridized carbons (Fsp3) is 0.231. The lowest BCUT2D eigenvalue weighted by Crippen LogP contribution is -1.98. The van der Waals surface area contributed by atoms with Gasteiger partial charge in [-0.3, -0.25) is 0 Å². The third kappa shape index (κ3) is 2.71. The van der Waals surface area contributed by atoms with Gasteiger partial charge in [-0.1, -0.05) is 34.6 Å². The lowest BCUT2D eigenvalue weighted by molar-refractivity contribution is 0.617. The van der Waals surface area contributed by atoms with Gasteiger partial charge in [-0.25, -0.2) is 19.0 Å². The van der Waals surface area contributed by atoms with Gasteiger partial charge in [-0.05, 0) is 19.1 Å². The van der Waals surface area contributed by atoms with Crippen LogP contribution in [0.2, 0.25) is 5.02 Å². The Kier molecular flexibility index (Phi) is 4.03. The summed E-state index contributed by atoms with van der Waals surface area (Å²) in [5.74, 6) is 0.0499. The number of aromatic nitrogens is 5. The minimum absolute atomic E-state index is 0.322. The van der Waals surface area contributed by atoms with Gasteiger partial charge in [-0.15, -0.1) is 5.10 Å². The second kappa shape index (κ2) is 5.95. The van der Waals surface area contributed by atoms with Crippen LogP contribution < -0.4 is 0 Å². The first kappa shape index (κ1) is 14.2. The SMILES string of the molecule is CCn1nnc2c(SCc3c(F)cccc3Cl)ncnc21. The molecule has 0 atom stereocenters. The summed E-state index contributed by atoms with van der Waals surface area (Å²) in [7, 11) is 0. The van der Waals surface area contributed by atoms with Gasteiger partial charge >= 0.3 is 0 Å². The van der Waals surface area contributed by atoms with Gasteiger partial charge in [0.05, 0.1) is 0 Å². The lowest BCUT2D eigenvalue weighted by atomic mass is 10.2. The molecule has 3 aromatic rings. The van der Waals surface area contributed by atoms with Crippen molar-refractivity contribution in [3.63, 3.8) is 0 Å². The van der Waals surface area contributed by atoms with E-state index in [0.717, 1.165) is 0 Å². The molecule has 0 saturated heterocycles. The van der Waals surface area contributed by atoms with Crippen molar-refractivity contribution >= 4 is 34.5 Å². The summed E-state index contributed by atoms with van der Waals surface area (Å²) < 4.78 is 15.5. The molecule has 0 fully saturated rings. The molecule has 108 valence electrons. The molecule has 0 saturated carbocycles. The van der Waals surface area contributed by atoms with Crippen molar-refractivity contribution in [3.05, 3.63) is 40.9 Å². The summed E-state index contributed by atoms with van der Waals surface area (Å²) in [5, 5.41) is 9.18. The van der Waals surface area contributed by atoms with E-state index in [2.05, 4.69) is 20.3 Å². The Morgan fingerprint density at radius 3 is 2.95 bits per heavy atom. The van der Waals surface area contributed by atoms with E-state index in [1.807, 2.05) is 6.92 Å². The molecule has 5 nitrogen and oxygen atoms in total. The van der Waals surface area contributed by atoms with Crippen LogP contribution in [0.5, 0.6) is 0 Å². The number of thioether (sulfide) groups is 1. The molecular formula is C13H11ClFN5S. The molecule has 0 aliphatic rings. The van der Waals surface area contributed by atoms with Crippen molar-refractivity contribution in [3.8, 4) is 0 Å². The summed E-state index contributed by atoms with van der Waals surface area (Å²) in [6, 6.07) is 4.65. The first-order chi connectivity index (χ1) is 10.2. The van der Waals surface area contributed by atoms with Crippen LogP contribution in [0.4, 0.5) is 4.39 Å². The third-order valence-electron chi connectivity index (χ3n) is 2.98. The Bertz CT molecular complexity index is 771. The zero-order valence-electron chi connectivity index (χ0n) is 11.1. The molecule has 2 heterocycles. The van der Waals surface area contributed by atoms with Crippen LogP contribution in [0.1, 0.15) is 12.5 Å². The molecule has 1 aromatic carbocycles. The zero-order chi connectivity index (χ0) is 14.8. The highest BCUT2D eigenvalue weighted by Gasteiger charge is 2.13. The van der Waals surface area contributed by atoms with Crippen LogP contribution in [0.3, 0.4) is 0 Å². The zero-order valence-corrected chi connectivity index (χ0v) is 12.7. The predicted molar refractivity (Wildman–Crippen MR) is 79.8 cm³/mol. The van der Waals surface area contributed by atoms with Gasteiger partial charge < -0.3 is 0 Å². The molecule has 0 unspecified atom stereocenters. The average molecular weight is 324 g/mol. The van der Waals surface area contributed by atoms with Crippen LogP contribution in [-0.4, -0.2) is 25.0 Å². The largest absolute Gasteiger partial charge is 0.227 e. The van der Waals surface area contributed by atoms with E-state index in [1.165, 1.54) is 24.2 Å². The Morgan fingerprint density at radius 2 is 2.19 bits per heavy atom. The highest BCUT2D eigenvalue weighted by Crippen LogP contribution is 2.29. The first-order valence-electron chi connectivity index (χ1n) is 6.30. The Hall–Kier alpha value is -1.73. The van der Waals surface area contributed by atoms with E-state index < -0.39 is 0 Å². The third-order valence-corrected chi connectivity index (χ3v) is 4.34. The topological polar surface area (TPSA) is 56.5 Å². The van der Waals surface area contributed by atoms with Gasteiger partial charge in [-0.2, -0.15) is 0 Å². The van der Waals surface area contributed by atoms with Crippen molar-refractivity contribution < 1.29 is 4.39 Å². The predicted octanol–water partition coefficient (Wildman–Crippen LogP) is 3.33. The van der Waals surface area contributed by atoms with Crippen molar-refractivity contribution in [1.29, 1.82) is 0 Å². The second-order valence-corrected chi connectivity index (χ2v) is 5.62. The molecule has 0 aliphatic carbocycles. The van der Waals surface area contributed by atoms with Crippen LogP contribution >= 0.6 is 23.4 Å². The van der Waals surface area contributed by atoms with Crippen LogP contribution in [0.25, 0.3) is 11.2 Å². The van der Waals surface area contributed by atoms with E-state index in [-0.39, 0.29) is 5.82 Å². The minimum atomic E-state index is -0.322. The van der Waals surface area contributed by atoms with Crippen molar-refractivity contribution in [1.82, 2.24) is 25.0 Å². The van der Waals surface area contributed by atoms with Crippen molar-refractivity contribution in [2.45, 2.75) is 24.2 Å². The van der Waals surface area contributed by atoms with E-state index in [4.69, 9.17) is 11.6 Å². The summed E-state index contributed by atoms with van der Waals surface area (Å²) in [6.07, 6.45) is 1.46. The number of hydrogen-bond acceptors (Lipinski definition) is 5. The van der Waals surface area contributed by atoms with Crippen molar-refractivity contribution in [2.75, 3.05) is 0 Å². The second-order valence-electron chi connectivity index (χ2n) is 4.25. The smallest absolute Gasteiger partial charge is 0.182 e. The van der Waals surface area contributed by atoms with Gasteiger partial charge in [0.1, 0.15) is 17.2 Å². The first-order valence-corrected chi connectivity index (χ1v) is 7.67. The van der Waals surface area contributed by atoms with E-state index in [1.54, 1.807) is 16.8 Å². The Morgan fingerprint density at radius 1 is 1.33 bits per heavy atom. The summed E-state index contributed by atoms with van der Waals surface area (Å²) in [5.41, 5.74) is 1.75. The van der Waals surface area contributed by atoms with Gasteiger partial charge in [0.2, 0.25) is 0 Å². The fourth-order valence-electron chi connectivity index (χ4n) is 1.90. The van der Waals surface area contributed by atoms with Crippen molar-refractivity contribution in [2.24, 2.45) is 0 Å². The number of aryl methyl sites for hydroxylation is 1. The summed E-state index contributed by atoms with van der Waals surface area (Å²) in [6.45, 7) is 2.64. The molecule has 2 aromatic heterocycles.